The largest absolute Gasteiger partial charge is 0.508 e. The topological polar surface area (TPSA) is 68.3 Å². The Kier molecular flexibility index (Phi) is 3.50. The van der Waals surface area contributed by atoms with Crippen molar-refractivity contribution in [3.8, 4) is 17.2 Å². The minimum atomic E-state index is -0.590. The van der Waals surface area contributed by atoms with Crippen LogP contribution >= 0.6 is 11.6 Å². The summed E-state index contributed by atoms with van der Waals surface area (Å²) < 4.78 is 6.27. The zero-order chi connectivity index (χ0) is 14.8. The molecule has 3 rings (SSSR count). The van der Waals surface area contributed by atoms with Crippen molar-refractivity contribution in [2.24, 2.45) is 0 Å². The summed E-state index contributed by atoms with van der Waals surface area (Å²) in [5.74, 6) is -0.300. The Labute approximate surface area is 125 Å². The zero-order valence-corrected chi connectivity index (χ0v) is 11.6. The van der Waals surface area contributed by atoms with E-state index in [0.717, 1.165) is 4.68 Å². The number of aromatic hydroxyl groups is 1. The van der Waals surface area contributed by atoms with Crippen LogP contribution < -0.4 is 5.76 Å². The molecule has 6 heteroatoms. The van der Waals surface area contributed by atoms with Gasteiger partial charge < -0.3 is 9.52 Å². The summed E-state index contributed by atoms with van der Waals surface area (Å²) in [6.45, 7) is 0.0849. The van der Waals surface area contributed by atoms with Crippen molar-refractivity contribution in [3.05, 3.63) is 69.7 Å². The molecule has 3 aromatic rings. The standard InChI is InChI=1S/C15H11ClN2O3/c16-12-6-7-13(19)11(8-12)9-18-15(20)21-14(17-18)10-4-2-1-3-5-10/h1-8,19H,9H2. The molecule has 0 saturated heterocycles. The van der Waals surface area contributed by atoms with Crippen LogP contribution in [0.5, 0.6) is 5.75 Å². The van der Waals surface area contributed by atoms with Gasteiger partial charge in [-0.2, -0.15) is 4.68 Å². The van der Waals surface area contributed by atoms with Crippen LogP contribution in [0.15, 0.2) is 57.7 Å². The van der Waals surface area contributed by atoms with Crippen LogP contribution in [0.4, 0.5) is 0 Å². The number of hydrogen-bond acceptors (Lipinski definition) is 4. The third kappa shape index (κ3) is 2.83. The summed E-state index contributed by atoms with van der Waals surface area (Å²) in [7, 11) is 0. The van der Waals surface area contributed by atoms with Gasteiger partial charge >= 0.3 is 5.76 Å². The molecule has 0 aliphatic carbocycles. The quantitative estimate of drug-likeness (QED) is 0.807. The zero-order valence-electron chi connectivity index (χ0n) is 10.9. The molecule has 0 bridgehead atoms. The lowest BCUT2D eigenvalue weighted by Gasteiger charge is -2.03. The molecule has 0 aliphatic rings. The second kappa shape index (κ2) is 5.46. The van der Waals surface area contributed by atoms with Gasteiger partial charge in [-0.3, -0.25) is 0 Å². The SMILES string of the molecule is O=c1oc(-c2ccccc2)nn1Cc1cc(Cl)ccc1O. The maximum Gasteiger partial charge on any atom is 0.437 e. The Hall–Kier alpha value is -2.53. The Morgan fingerprint density at radius 1 is 1.19 bits per heavy atom. The second-order valence-corrected chi connectivity index (χ2v) is 4.91. The summed E-state index contributed by atoms with van der Waals surface area (Å²) in [6, 6.07) is 13.7. The van der Waals surface area contributed by atoms with E-state index in [9.17, 15) is 9.90 Å². The molecule has 106 valence electrons. The maximum atomic E-state index is 11.8. The van der Waals surface area contributed by atoms with E-state index in [-0.39, 0.29) is 18.2 Å². The van der Waals surface area contributed by atoms with Gasteiger partial charge in [-0.1, -0.05) is 29.8 Å². The average molecular weight is 303 g/mol. The van der Waals surface area contributed by atoms with E-state index < -0.39 is 5.76 Å². The van der Waals surface area contributed by atoms with E-state index >= 15 is 0 Å². The molecule has 1 aromatic heterocycles. The van der Waals surface area contributed by atoms with Gasteiger partial charge in [0, 0.05) is 16.1 Å². The minimum absolute atomic E-state index is 0.0514. The van der Waals surface area contributed by atoms with E-state index in [1.54, 1.807) is 24.3 Å². The molecule has 0 amide bonds. The number of hydrogen-bond donors (Lipinski definition) is 1. The molecule has 1 N–H and O–H groups in total. The van der Waals surface area contributed by atoms with Crippen molar-refractivity contribution < 1.29 is 9.52 Å². The fraction of sp³-hybridized carbons (Fsp3) is 0.0667. The van der Waals surface area contributed by atoms with Crippen molar-refractivity contribution in [1.82, 2.24) is 9.78 Å². The van der Waals surface area contributed by atoms with Crippen LogP contribution in [-0.2, 0) is 6.54 Å². The molecular formula is C15H11ClN2O3. The monoisotopic (exact) mass is 302 g/mol. The Morgan fingerprint density at radius 2 is 1.95 bits per heavy atom. The fourth-order valence-electron chi connectivity index (χ4n) is 1.95. The van der Waals surface area contributed by atoms with Crippen molar-refractivity contribution in [1.29, 1.82) is 0 Å². The number of rotatable bonds is 3. The maximum absolute atomic E-state index is 11.8. The molecule has 0 fully saturated rings. The number of halogens is 1. The third-order valence-electron chi connectivity index (χ3n) is 2.99. The Morgan fingerprint density at radius 3 is 2.71 bits per heavy atom. The number of aromatic nitrogens is 2. The highest BCUT2D eigenvalue weighted by molar-refractivity contribution is 6.30. The molecule has 0 saturated carbocycles. The molecule has 21 heavy (non-hydrogen) atoms. The minimum Gasteiger partial charge on any atom is -0.508 e. The van der Waals surface area contributed by atoms with Crippen molar-refractivity contribution in [2.45, 2.75) is 6.54 Å². The lowest BCUT2D eigenvalue weighted by atomic mass is 10.2. The van der Waals surface area contributed by atoms with Crippen LogP contribution in [0.3, 0.4) is 0 Å². The van der Waals surface area contributed by atoms with Crippen LogP contribution in [0.1, 0.15) is 5.56 Å². The van der Waals surface area contributed by atoms with Gasteiger partial charge in [0.05, 0.1) is 6.54 Å². The lowest BCUT2D eigenvalue weighted by molar-refractivity contribution is 0.457. The summed E-state index contributed by atoms with van der Waals surface area (Å²) in [5.41, 5.74) is 1.21. The number of phenolic OH excluding ortho intramolecular Hbond substituents is 1. The molecule has 0 unspecified atom stereocenters. The molecule has 0 radical (unpaired) electrons. The van der Waals surface area contributed by atoms with Gasteiger partial charge in [-0.15, -0.1) is 5.10 Å². The highest BCUT2D eigenvalue weighted by atomic mass is 35.5. The predicted octanol–water partition coefficient (Wildman–Crippen LogP) is 2.91. The van der Waals surface area contributed by atoms with Gasteiger partial charge in [-0.05, 0) is 30.3 Å². The predicted molar refractivity (Wildman–Crippen MR) is 78.4 cm³/mol. The molecule has 0 atom stereocenters. The van der Waals surface area contributed by atoms with Crippen molar-refractivity contribution in [2.75, 3.05) is 0 Å². The van der Waals surface area contributed by atoms with E-state index in [1.165, 1.54) is 6.07 Å². The normalized spacial score (nSPS) is 10.7. The van der Waals surface area contributed by atoms with Gasteiger partial charge in [0.1, 0.15) is 5.75 Å². The summed E-state index contributed by atoms with van der Waals surface area (Å²) in [4.78, 5) is 11.8. The number of phenols is 1. The van der Waals surface area contributed by atoms with E-state index in [4.69, 9.17) is 16.0 Å². The van der Waals surface area contributed by atoms with Crippen molar-refractivity contribution in [3.63, 3.8) is 0 Å². The van der Waals surface area contributed by atoms with Crippen LogP contribution in [0, 0.1) is 0 Å². The summed E-state index contributed by atoms with van der Waals surface area (Å²) >= 11 is 5.88. The Bertz CT molecular complexity index is 824. The first-order valence-electron chi connectivity index (χ1n) is 6.24. The van der Waals surface area contributed by atoms with Crippen LogP contribution in [0.2, 0.25) is 5.02 Å². The highest BCUT2D eigenvalue weighted by Gasteiger charge is 2.12. The first kappa shape index (κ1) is 13.5. The van der Waals surface area contributed by atoms with E-state index in [2.05, 4.69) is 5.10 Å². The molecule has 2 aromatic carbocycles. The van der Waals surface area contributed by atoms with Crippen LogP contribution in [0.25, 0.3) is 11.5 Å². The van der Waals surface area contributed by atoms with Gasteiger partial charge in [-0.25, -0.2) is 4.79 Å². The van der Waals surface area contributed by atoms with Crippen molar-refractivity contribution >= 4 is 11.6 Å². The first-order valence-corrected chi connectivity index (χ1v) is 6.62. The van der Waals surface area contributed by atoms with Gasteiger partial charge in [0.25, 0.3) is 0 Å². The average Bonchev–Trinajstić information content (AvgIpc) is 2.85. The molecular weight excluding hydrogens is 292 g/mol. The molecule has 5 nitrogen and oxygen atoms in total. The summed E-state index contributed by atoms with van der Waals surface area (Å²) in [6.07, 6.45) is 0. The van der Waals surface area contributed by atoms with E-state index in [0.29, 0.717) is 16.1 Å². The lowest BCUT2D eigenvalue weighted by Crippen LogP contribution is -2.16. The third-order valence-corrected chi connectivity index (χ3v) is 3.22. The van der Waals surface area contributed by atoms with Crippen LogP contribution in [-0.4, -0.2) is 14.9 Å². The molecule has 0 aliphatic heterocycles. The fourth-order valence-corrected chi connectivity index (χ4v) is 2.14. The first-order chi connectivity index (χ1) is 10.1. The summed E-state index contributed by atoms with van der Waals surface area (Å²) in [5, 5.41) is 14.4. The number of nitrogens with zero attached hydrogens (tertiary/aromatic N) is 2. The smallest absolute Gasteiger partial charge is 0.437 e. The Balaban J connectivity index is 1.95. The highest BCUT2D eigenvalue weighted by Crippen LogP contribution is 2.22. The van der Waals surface area contributed by atoms with Gasteiger partial charge in [0.2, 0.25) is 5.89 Å². The second-order valence-electron chi connectivity index (χ2n) is 4.47. The molecule has 1 heterocycles. The van der Waals surface area contributed by atoms with E-state index in [1.807, 2.05) is 18.2 Å². The molecule has 0 spiro atoms. The number of benzene rings is 2. The van der Waals surface area contributed by atoms with Gasteiger partial charge in [0.15, 0.2) is 0 Å².